The van der Waals surface area contributed by atoms with E-state index in [0.29, 0.717) is 6.54 Å². The second-order valence-electron chi connectivity index (χ2n) is 4.16. The molecule has 0 spiro atoms. The number of carbonyl (C=O) groups is 1. The molecule has 0 heterocycles. The van der Waals surface area contributed by atoms with Crippen LogP contribution < -0.4 is 15.4 Å². The average molecular weight is 266 g/mol. The van der Waals surface area contributed by atoms with E-state index in [4.69, 9.17) is 9.47 Å². The highest BCUT2D eigenvalue weighted by Gasteiger charge is 2.02. The Kier molecular flexibility index (Phi) is 7.62. The lowest BCUT2D eigenvalue weighted by Crippen LogP contribution is -2.28. The monoisotopic (exact) mass is 266 g/mol. The van der Waals surface area contributed by atoms with E-state index in [1.807, 2.05) is 18.2 Å². The highest BCUT2D eigenvalue weighted by molar-refractivity contribution is 5.92. The van der Waals surface area contributed by atoms with Crippen molar-refractivity contribution in [2.75, 3.05) is 39.2 Å². The summed E-state index contributed by atoms with van der Waals surface area (Å²) in [5.74, 6) is 0.672. The molecule has 1 aromatic rings. The topological polar surface area (TPSA) is 59.6 Å². The van der Waals surface area contributed by atoms with Crippen LogP contribution in [-0.2, 0) is 9.53 Å². The summed E-state index contributed by atoms with van der Waals surface area (Å²) in [4.78, 5) is 11.7. The molecule has 0 fully saturated rings. The van der Waals surface area contributed by atoms with E-state index >= 15 is 0 Å². The quantitative estimate of drug-likeness (QED) is 0.667. The first-order chi connectivity index (χ1) is 9.26. The molecule has 2 N–H and O–H groups in total. The van der Waals surface area contributed by atoms with Crippen molar-refractivity contribution in [3.8, 4) is 5.75 Å². The summed E-state index contributed by atoms with van der Waals surface area (Å²) in [6.07, 6.45) is 2.00. The van der Waals surface area contributed by atoms with Crippen molar-refractivity contribution in [3.05, 3.63) is 24.3 Å². The SMILES string of the molecule is COCCCCNCC(=O)Nc1cccc(OC)c1. The zero-order chi connectivity index (χ0) is 13.9. The lowest BCUT2D eigenvalue weighted by atomic mass is 10.3. The zero-order valence-electron chi connectivity index (χ0n) is 11.6. The first-order valence-corrected chi connectivity index (χ1v) is 6.40. The molecule has 0 saturated heterocycles. The van der Waals surface area contributed by atoms with Crippen LogP contribution in [0.3, 0.4) is 0 Å². The van der Waals surface area contributed by atoms with Crippen LogP contribution in [0.25, 0.3) is 0 Å². The minimum absolute atomic E-state index is 0.0556. The van der Waals surface area contributed by atoms with Crippen LogP contribution in [0.4, 0.5) is 5.69 Å². The Labute approximate surface area is 114 Å². The molecule has 0 aliphatic carbocycles. The molecule has 0 unspecified atom stereocenters. The maximum Gasteiger partial charge on any atom is 0.238 e. The van der Waals surface area contributed by atoms with E-state index in [-0.39, 0.29) is 5.91 Å². The van der Waals surface area contributed by atoms with E-state index < -0.39 is 0 Å². The van der Waals surface area contributed by atoms with E-state index in [2.05, 4.69) is 10.6 Å². The van der Waals surface area contributed by atoms with E-state index in [1.54, 1.807) is 20.3 Å². The molecule has 0 aromatic heterocycles. The summed E-state index contributed by atoms with van der Waals surface area (Å²) in [6.45, 7) is 1.89. The van der Waals surface area contributed by atoms with Gasteiger partial charge in [-0.2, -0.15) is 0 Å². The fraction of sp³-hybridized carbons (Fsp3) is 0.500. The van der Waals surface area contributed by atoms with Crippen molar-refractivity contribution in [2.24, 2.45) is 0 Å². The van der Waals surface area contributed by atoms with Gasteiger partial charge in [-0.25, -0.2) is 0 Å². The minimum Gasteiger partial charge on any atom is -0.497 e. The molecule has 1 amide bonds. The maximum atomic E-state index is 11.7. The molecular formula is C14H22N2O3. The molecule has 0 radical (unpaired) electrons. The van der Waals surface area contributed by atoms with Crippen LogP contribution >= 0.6 is 0 Å². The molecule has 1 rings (SSSR count). The first kappa shape index (κ1) is 15.5. The Morgan fingerprint density at radius 1 is 1.26 bits per heavy atom. The van der Waals surface area contributed by atoms with Gasteiger partial charge in [0.15, 0.2) is 0 Å². The molecular weight excluding hydrogens is 244 g/mol. The van der Waals surface area contributed by atoms with Crippen LogP contribution in [-0.4, -0.2) is 39.8 Å². The number of hydrogen-bond donors (Lipinski definition) is 2. The number of benzene rings is 1. The smallest absolute Gasteiger partial charge is 0.238 e. The highest BCUT2D eigenvalue weighted by Crippen LogP contribution is 2.16. The van der Waals surface area contributed by atoms with Gasteiger partial charge in [0.25, 0.3) is 0 Å². The Balaban J connectivity index is 2.19. The second kappa shape index (κ2) is 9.35. The van der Waals surface area contributed by atoms with Crippen molar-refractivity contribution in [1.82, 2.24) is 5.32 Å². The van der Waals surface area contributed by atoms with Gasteiger partial charge in [0.2, 0.25) is 5.91 Å². The Bertz CT molecular complexity index is 383. The van der Waals surface area contributed by atoms with Crippen molar-refractivity contribution in [2.45, 2.75) is 12.8 Å². The van der Waals surface area contributed by atoms with Gasteiger partial charge in [0, 0.05) is 25.5 Å². The number of amides is 1. The Morgan fingerprint density at radius 2 is 2.11 bits per heavy atom. The van der Waals surface area contributed by atoms with Crippen molar-refractivity contribution < 1.29 is 14.3 Å². The predicted molar refractivity (Wildman–Crippen MR) is 75.6 cm³/mol. The zero-order valence-corrected chi connectivity index (χ0v) is 11.6. The summed E-state index contributed by atoms with van der Waals surface area (Å²) in [5.41, 5.74) is 0.741. The van der Waals surface area contributed by atoms with Gasteiger partial charge >= 0.3 is 0 Å². The average Bonchev–Trinajstić information content (AvgIpc) is 2.43. The van der Waals surface area contributed by atoms with E-state index in [1.165, 1.54) is 0 Å². The largest absolute Gasteiger partial charge is 0.497 e. The number of rotatable bonds is 9. The Morgan fingerprint density at radius 3 is 2.84 bits per heavy atom. The van der Waals surface area contributed by atoms with E-state index in [0.717, 1.165) is 37.4 Å². The predicted octanol–water partition coefficient (Wildman–Crippen LogP) is 1.65. The lowest BCUT2D eigenvalue weighted by Gasteiger charge is -2.08. The summed E-state index contributed by atoms with van der Waals surface area (Å²) in [7, 11) is 3.29. The summed E-state index contributed by atoms with van der Waals surface area (Å²) >= 11 is 0. The van der Waals surface area contributed by atoms with Crippen LogP contribution in [0, 0.1) is 0 Å². The third kappa shape index (κ3) is 6.79. The molecule has 0 bridgehead atoms. The van der Waals surface area contributed by atoms with Crippen LogP contribution in [0.2, 0.25) is 0 Å². The molecule has 0 saturated carbocycles. The maximum absolute atomic E-state index is 11.7. The highest BCUT2D eigenvalue weighted by atomic mass is 16.5. The fourth-order valence-electron chi connectivity index (χ4n) is 1.60. The third-order valence-electron chi connectivity index (χ3n) is 2.59. The van der Waals surface area contributed by atoms with Gasteiger partial charge in [-0.3, -0.25) is 4.79 Å². The number of ether oxygens (including phenoxy) is 2. The standard InChI is InChI=1S/C14H22N2O3/c1-18-9-4-3-8-15-11-14(17)16-12-6-5-7-13(10-12)19-2/h5-7,10,15H,3-4,8-9,11H2,1-2H3,(H,16,17). The van der Waals surface area contributed by atoms with Gasteiger partial charge in [-0.05, 0) is 31.5 Å². The summed E-state index contributed by atoms with van der Waals surface area (Å²) in [6, 6.07) is 7.30. The molecule has 0 aliphatic heterocycles. The molecule has 106 valence electrons. The summed E-state index contributed by atoms with van der Waals surface area (Å²) in [5, 5.41) is 5.91. The van der Waals surface area contributed by atoms with Crippen molar-refractivity contribution >= 4 is 11.6 Å². The van der Waals surface area contributed by atoms with Gasteiger partial charge in [-0.1, -0.05) is 6.07 Å². The number of unbranched alkanes of at least 4 members (excludes halogenated alkanes) is 1. The number of methoxy groups -OCH3 is 2. The summed E-state index contributed by atoms with van der Waals surface area (Å²) < 4.78 is 10.0. The molecule has 5 nitrogen and oxygen atoms in total. The van der Waals surface area contributed by atoms with Gasteiger partial charge < -0.3 is 20.1 Å². The molecule has 1 aromatic carbocycles. The van der Waals surface area contributed by atoms with Crippen molar-refractivity contribution in [3.63, 3.8) is 0 Å². The number of carbonyl (C=O) groups excluding carboxylic acids is 1. The first-order valence-electron chi connectivity index (χ1n) is 6.40. The van der Waals surface area contributed by atoms with Crippen LogP contribution in [0.15, 0.2) is 24.3 Å². The Hall–Kier alpha value is -1.59. The molecule has 19 heavy (non-hydrogen) atoms. The van der Waals surface area contributed by atoms with Crippen LogP contribution in [0.1, 0.15) is 12.8 Å². The number of anilines is 1. The minimum atomic E-state index is -0.0556. The van der Waals surface area contributed by atoms with E-state index in [9.17, 15) is 4.79 Å². The van der Waals surface area contributed by atoms with Gasteiger partial charge in [0.1, 0.15) is 5.75 Å². The fourth-order valence-corrected chi connectivity index (χ4v) is 1.60. The number of nitrogens with one attached hydrogen (secondary N) is 2. The molecule has 5 heteroatoms. The van der Waals surface area contributed by atoms with Crippen LogP contribution in [0.5, 0.6) is 5.75 Å². The van der Waals surface area contributed by atoms with Gasteiger partial charge in [-0.15, -0.1) is 0 Å². The third-order valence-corrected chi connectivity index (χ3v) is 2.59. The number of hydrogen-bond acceptors (Lipinski definition) is 4. The van der Waals surface area contributed by atoms with Gasteiger partial charge in [0.05, 0.1) is 13.7 Å². The lowest BCUT2D eigenvalue weighted by molar-refractivity contribution is -0.115. The second-order valence-corrected chi connectivity index (χ2v) is 4.16. The molecule has 0 aliphatic rings. The molecule has 0 atom stereocenters. The normalized spacial score (nSPS) is 10.2. The van der Waals surface area contributed by atoms with Crippen molar-refractivity contribution in [1.29, 1.82) is 0 Å².